The van der Waals surface area contributed by atoms with E-state index < -0.39 is 11.7 Å². The quantitative estimate of drug-likeness (QED) is 0.491. The van der Waals surface area contributed by atoms with Crippen molar-refractivity contribution in [3.8, 4) is 17.0 Å². The molecule has 5 heteroatoms. The Kier molecular flexibility index (Phi) is 5.71. The molecule has 0 aliphatic heterocycles. The smallest absolute Gasteiger partial charge is 0.419 e. The molecule has 0 unspecified atom stereocenters. The number of hydrogen-bond donors (Lipinski definition) is 0. The number of nitrogens with zero attached hydrogens (tertiary/aromatic N) is 1. The highest BCUT2D eigenvalue weighted by Gasteiger charge is 2.21. The summed E-state index contributed by atoms with van der Waals surface area (Å²) in [4.78, 5) is 12.6. The molecule has 140 valence electrons. The van der Waals surface area contributed by atoms with E-state index in [0.717, 1.165) is 27.0 Å². The molecule has 0 fully saturated rings. The predicted octanol–water partition coefficient (Wildman–Crippen LogP) is 6.28. The highest BCUT2D eigenvalue weighted by molar-refractivity contribution is 9.10. The van der Waals surface area contributed by atoms with E-state index in [1.54, 1.807) is 6.20 Å². The van der Waals surface area contributed by atoms with Gasteiger partial charge in [0.25, 0.3) is 0 Å². The van der Waals surface area contributed by atoms with Crippen molar-refractivity contribution in [2.45, 2.75) is 33.0 Å². The second kappa shape index (κ2) is 8.01. The molecule has 0 N–H and O–H groups in total. The number of carbonyl (C=O) groups excluding carboxylic acids is 1. The van der Waals surface area contributed by atoms with Gasteiger partial charge in [-0.2, -0.15) is 0 Å². The zero-order chi connectivity index (χ0) is 19.4. The van der Waals surface area contributed by atoms with Gasteiger partial charge in [-0.25, -0.2) is 4.79 Å². The van der Waals surface area contributed by atoms with Crippen LogP contribution in [0.25, 0.3) is 11.3 Å². The zero-order valence-electron chi connectivity index (χ0n) is 15.6. The highest BCUT2D eigenvalue weighted by Crippen LogP contribution is 2.29. The summed E-state index contributed by atoms with van der Waals surface area (Å²) < 4.78 is 13.7. The third-order valence-corrected chi connectivity index (χ3v) is 4.19. The van der Waals surface area contributed by atoms with Crippen LogP contribution in [0.5, 0.6) is 5.75 Å². The van der Waals surface area contributed by atoms with Gasteiger partial charge in [-0.1, -0.05) is 42.5 Å². The molecular formula is C22H22BrNO3. The second-order valence-electron chi connectivity index (χ2n) is 7.20. The van der Waals surface area contributed by atoms with Gasteiger partial charge in [0.1, 0.15) is 18.0 Å². The molecule has 4 nitrogen and oxygen atoms in total. The summed E-state index contributed by atoms with van der Waals surface area (Å²) in [6.07, 6.45) is 1.29. The molecule has 3 rings (SSSR count). The van der Waals surface area contributed by atoms with Crippen LogP contribution in [0.15, 0.2) is 71.3 Å². The molecule has 0 aliphatic carbocycles. The van der Waals surface area contributed by atoms with Crippen molar-refractivity contribution in [3.05, 3.63) is 76.9 Å². The van der Waals surface area contributed by atoms with E-state index in [-0.39, 0.29) is 0 Å². The minimum Gasteiger partial charge on any atom is -0.489 e. The summed E-state index contributed by atoms with van der Waals surface area (Å²) in [6.45, 7) is 6.03. The molecule has 0 spiro atoms. The maximum absolute atomic E-state index is 12.6. The van der Waals surface area contributed by atoms with Crippen LogP contribution < -0.4 is 4.74 Å². The zero-order valence-corrected chi connectivity index (χ0v) is 17.2. The average Bonchev–Trinajstić information content (AvgIpc) is 3.02. The Hall–Kier alpha value is -2.53. The van der Waals surface area contributed by atoms with Crippen LogP contribution in [0.1, 0.15) is 26.3 Å². The molecule has 0 saturated heterocycles. The van der Waals surface area contributed by atoms with Crippen LogP contribution in [0, 0.1) is 0 Å². The molecule has 0 radical (unpaired) electrons. The summed E-state index contributed by atoms with van der Waals surface area (Å²) in [5, 5.41) is 0. The molecule has 3 aromatic rings. The van der Waals surface area contributed by atoms with Crippen molar-refractivity contribution in [1.29, 1.82) is 0 Å². The number of hydrogen-bond acceptors (Lipinski definition) is 3. The Bertz CT molecular complexity index is 926. The molecule has 0 saturated carbocycles. The van der Waals surface area contributed by atoms with Gasteiger partial charge >= 0.3 is 6.09 Å². The van der Waals surface area contributed by atoms with E-state index in [2.05, 4.69) is 15.9 Å². The maximum atomic E-state index is 12.6. The largest absolute Gasteiger partial charge is 0.489 e. The number of aromatic nitrogens is 1. The van der Waals surface area contributed by atoms with Gasteiger partial charge in [-0.3, -0.25) is 4.57 Å². The van der Waals surface area contributed by atoms with Crippen LogP contribution >= 0.6 is 15.9 Å². The number of benzene rings is 2. The Labute approximate surface area is 167 Å². The lowest BCUT2D eigenvalue weighted by molar-refractivity contribution is 0.0540. The van der Waals surface area contributed by atoms with Crippen LogP contribution in [0.2, 0.25) is 0 Å². The van der Waals surface area contributed by atoms with E-state index in [1.807, 2.05) is 81.4 Å². The number of carbonyl (C=O) groups is 1. The normalized spacial score (nSPS) is 11.3. The minimum absolute atomic E-state index is 0.418. The molecule has 2 aromatic carbocycles. The Balaban J connectivity index is 1.83. The fourth-order valence-corrected chi connectivity index (χ4v) is 3.02. The highest BCUT2D eigenvalue weighted by atomic mass is 79.9. The summed E-state index contributed by atoms with van der Waals surface area (Å²) >= 11 is 3.45. The fourth-order valence-electron chi connectivity index (χ4n) is 2.60. The average molecular weight is 428 g/mol. The molecule has 0 bridgehead atoms. The molecule has 1 aromatic heterocycles. The molecule has 0 atom stereocenters. The topological polar surface area (TPSA) is 40.5 Å². The van der Waals surface area contributed by atoms with Crippen molar-refractivity contribution < 1.29 is 14.3 Å². The summed E-state index contributed by atoms with van der Waals surface area (Å²) in [7, 11) is 0. The molecule has 27 heavy (non-hydrogen) atoms. The number of halogens is 1. The Morgan fingerprint density at radius 1 is 1.04 bits per heavy atom. The predicted molar refractivity (Wildman–Crippen MR) is 110 cm³/mol. The number of ether oxygens (including phenoxy) is 2. The fraction of sp³-hybridized carbons (Fsp3) is 0.227. The van der Waals surface area contributed by atoms with E-state index in [4.69, 9.17) is 9.47 Å². The first kappa shape index (κ1) is 19.2. The van der Waals surface area contributed by atoms with Gasteiger partial charge in [-0.05, 0) is 60.5 Å². The molecule has 1 heterocycles. The van der Waals surface area contributed by atoms with Crippen molar-refractivity contribution in [3.63, 3.8) is 0 Å². The maximum Gasteiger partial charge on any atom is 0.419 e. The van der Waals surface area contributed by atoms with Crippen molar-refractivity contribution in [2.24, 2.45) is 0 Å². The van der Waals surface area contributed by atoms with Crippen LogP contribution in [0.3, 0.4) is 0 Å². The van der Waals surface area contributed by atoms with Gasteiger partial charge in [0.2, 0.25) is 0 Å². The van der Waals surface area contributed by atoms with E-state index in [0.29, 0.717) is 6.61 Å². The Morgan fingerprint density at radius 3 is 2.48 bits per heavy atom. The molecule has 0 aliphatic rings. The first-order valence-electron chi connectivity index (χ1n) is 8.70. The second-order valence-corrected chi connectivity index (χ2v) is 8.11. The van der Waals surface area contributed by atoms with Gasteiger partial charge in [-0.15, -0.1) is 0 Å². The third kappa shape index (κ3) is 5.23. The standard InChI is InChI=1S/C22H22BrNO3/c1-22(2,3)27-21(25)24-14-18(23)13-20(24)17-10-7-11-19(12-17)26-15-16-8-5-4-6-9-16/h4-14H,15H2,1-3H3. The van der Waals surface area contributed by atoms with Crippen LogP contribution in [-0.4, -0.2) is 16.3 Å². The van der Waals surface area contributed by atoms with Crippen LogP contribution in [-0.2, 0) is 11.3 Å². The summed E-state index contributed by atoms with van der Waals surface area (Å²) in [5.74, 6) is 0.740. The van der Waals surface area contributed by atoms with Gasteiger partial charge in [0, 0.05) is 16.2 Å². The Morgan fingerprint density at radius 2 is 1.78 bits per heavy atom. The van der Waals surface area contributed by atoms with Crippen molar-refractivity contribution >= 4 is 22.0 Å². The van der Waals surface area contributed by atoms with E-state index in [1.165, 1.54) is 4.57 Å². The first-order chi connectivity index (χ1) is 12.8. The lowest BCUT2D eigenvalue weighted by Gasteiger charge is -2.20. The SMILES string of the molecule is CC(C)(C)OC(=O)n1cc(Br)cc1-c1cccc(OCc2ccccc2)c1. The monoisotopic (exact) mass is 427 g/mol. The molecular weight excluding hydrogens is 406 g/mol. The first-order valence-corrected chi connectivity index (χ1v) is 9.49. The molecule has 0 amide bonds. The minimum atomic E-state index is -0.564. The number of rotatable bonds is 4. The van der Waals surface area contributed by atoms with Crippen molar-refractivity contribution in [1.82, 2.24) is 4.57 Å². The summed E-state index contributed by atoms with van der Waals surface area (Å²) in [6, 6.07) is 19.6. The van der Waals surface area contributed by atoms with Gasteiger partial charge in [0.05, 0.1) is 5.69 Å². The summed E-state index contributed by atoms with van der Waals surface area (Å²) in [5.41, 5.74) is 2.15. The van der Waals surface area contributed by atoms with Crippen molar-refractivity contribution in [2.75, 3.05) is 0 Å². The van der Waals surface area contributed by atoms with Gasteiger partial charge in [0.15, 0.2) is 0 Å². The lowest BCUT2D eigenvalue weighted by Crippen LogP contribution is -2.27. The third-order valence-electron chi connectivity index (χ3n) is 3.75. The van der Waals surface area contributed by atoms with Gasteiger partial charge < -0.3 is 9.47 Å². The van der Waals surface area contributed by atoms with E-state index >= 15 is 0 Å². The van der Waals surface area contributed by atoms with Crippen LogP contribution in [0.4, 0.5) is 4.79 Å². The lowest BCUT2D eigenvalue weighted by atomic mass is 10.1. The van der Waals surface area contributed by atoms with E-state index in [9.17, 15) is 4.79 Å².